The average molecular weight is 205 g/mol. The van der Waals surface area contributed by atoms with E-state index in [4.69, 9.17) is 4.42 Å². The molecule has 1 aliphatic heterocycles. The second-order valence-corrected chi connectivity index (χ2v) is 5.88. The minimum Gasteiger partial charge on any atom is -0.469 e. The second kappa shape index (κ2) is 2.67. The lowest BCUT2D eigenvalue weighted by Gasteiger charge is -2.36. The van der Waals surface area contributed by atoms with Crippen LogP contribution in [0.3, 0.4) is 0 Å². The van der Waals surface area contributed by atoms with Crippen molar-refractivity contribution in [3.8, 4) is 0 Å². The Balaban J connectivity index is 2.01. The molecule has 1 saturated carbocycles. The maximum Gasteiger partial charge on any atom is 0.110 e. The lowest BCUT2D eigenvalue weighted by Crippen LogP contribution is -2.47. The topological polar surface area (TPSA) is 25.2 Å². The molecule has 2 nitrogen and oxygen atoms in total. The van der Waals surface area contributed by atoms with Gasteiger partial charge in [-0.1, -0.05) is 13.8 Å². The molecule has 0 radical (unpaired) electrons. The third kappa shape index (κ3) is 1.21. The van der Waals surface area contributed by atoms with Crippen LogP contribution >= 0.6 is 0 Å². The molecule has 2 heterocycles. The molecule has 1 N–H and O–H groups in total. The Morgan fingerprint density at radius 3 is 2.80 bits per heavy atom. The van der Waals surface area contributed by atoms with Gasteiger partial charge in [0.2, 0.25) is 0 Å². The molecule has 0 amide bonds. The third-order valence-electron chi connectivity index (χ3n) is 4.36. The first-order chi connectivity index (χ1) is 7.04. The van der Waals surface area contributed by atoms with Crippen molar-refractivity contribution in [1.29, 1.82) is 0 Å². The van der Waals surface area contributed by atoms with Crippen LogP contribution in [0.25, 0.3) is 0 Å². The highest BCUT2D eigenvalue weighted by atomic mass is 16.3. The normalized spacial score (nSPS) is 37.4. The predicted molar refractivity (Wildman–Crippen MR) is 59.7 cm³/mol. The zero-order chi connectivity index (χ0) is 10.7. The van der Waals surface area contributed by atoms with Crippen molar-refractivity contribution in [3.63, 3.8) is 0 Å². The fraction of sp³-hybridized carbons (Fsp3) is 0.692. The fourth-order valence-electron chi connectivity index (χ4n) is 3.29. The Morgan fingerprint density at radius 1 is 1.40 bits per heavy atom. The second-order valence-electron chi connectivity index (χ2n) is 5.88. The molecule has 15 heavy (non-hydrogen) atoms. The summed E-state index contributed by atoms with van der Waals surface area (Å²) < 4.78 is 5.56. The summed E-state index contributed by atoms with van der Waals surface area (Å²) in [6.07, 6.45) is 4.19. The van der Waals surface area contributed by atoms with Gasteiger partial charge in [-0.3, -0.25) is 0 Å². The van der Waals surface area contributed by atoms with Gasteiger partial charge in [0.1, 0.15) is 5.76 Å². The highest BCUT2D eigenvalue weighted by Crippen LogP contribution is 2.61. The summed E-state index contributed by atoms with van der Waals surface area (Å²) in [6.45, 7) is 8.10. The van der Waals surface area contributed by atoms with Crippen LogP contribution in [0.4, 0.5) is 0 Å². The van der Waals surface area contributed by atoms with Crippen LogP contribution < -0.4 is 5.32 Å². The number of hydrogen-bond donors (Lipinski definition) is 1. The molecular formula is C13H19NO. The van der Waals surface area contributed by atoms with Crippen LogP contribution in [-0.2, 0) is 12.0 Å². The SMILES string of the molecule is CC1(C)CC1C1(C)NCCc2occc21. The van der Waals surface area contributed by atoms with E-state index in [9.17, 15) is 0 Å². The molecule has 2 heteroatoms. The van der Waals surface area contributed by atoms with E-state index in [-0.39, 0.29) is 5.54 Å². The Kier molecular flexibility index (Phi) is 1.69. The van der Waals surface area contributed by atoms with E-state index in [1.54, 1.807) is 0 Å². The predicted octanol–water partition coefficient (Wildman–Crippen LogP) is 2.69. The first-order valence-electron chi connectivity index (χ1n) is 5.86. The van der Waals surface area contributed by atoms with Crippen LogP contribution in [0.1, 0.15) is 38.5 Å². The van der Waals surface area contributed by atoms with Crippen LogP contribution in [0, 0.1) is 11.3 Å². The Bertz CT molecular complexity index is 393. The zero-order valence-corrected chi connectivity index (χ0v) is 9.76. The smallest absolute Gasteiger partial charge is 0.110 e. The molecular weight excluding hydrogens is 186 g/mol. The van der Waals surface area contributed by atoms with Crippen molar-refractivity contribution in [1.82, 2.24) is 5.32 Å². The van der Waals surface area contributed by atoms with Crippen molar-refractivity contribution in [3.05, 3.63) is 23.7 Å². The van der Waals surface area contributed by atoms with E-state index in [0.717, 1.165) is 18.9 Å². The van der Waals surface area contributed by atoms with Crippen molar-refractivity contribution < 1.29 is 4.42 Å². The Morgan fingerprint density at radius 2 is 2.13 bits per heavy atom. The van der Waals surface area contributed by atoms with Gasteiger partial charge in [-0.15, -0.1) is 0 Å². The Hall–Kier alpha value is -0.760. The molecule has 1 aromatic rings. The molecule has 0 spiro atoms. The van der Waals surface area contributed by atoms with Gasteiger partial charge in [0.25, 0.3) is 0 Å². The molecule has 2 aliphatic rings. The molecule has 0 saturated heterocycles. The minimum absolute atomic E-state index is 0.143. The quantitative estimate of drug-likeness (QED) is 0.762. The highest BCUT2D eigenvalue weighted by Gasteiger charge is 2.57. The summed E-state index contributed by atoms with van der Waals surface area (Å²) in [5.41, 5.74) is 2.03. The van der Waals surface area contributed by atoms with Gasteiger partial charge in [-0.2, -0.15) is 0 Å². The van der Waals surface area contributed by atoms with Gasteiger partial charge in [0, 0.05) is 24.1 Å². The summed E-state index contributed by atoms with van der Waals surface area (Å²) in [6, 6.07) is 2.15. The largest absolute Gasteiger partial charge is 0.469 e. The minimum atomic E-state index is 0.143. The lowest BCUT2D eigenvalue weighted by molar-refractivity contribution is 0.257. The first-order valence-corrected chi connectivity index (χ1v) is 5.86. The summed E-state index contributed by atoms with van der Waals surface area (Å²) in [5, 5.41) is 3.70. The molecule has 2 unspecified atom stereocenters. The lowest BCUT2D eigenvalue weighted by atomic mass is 9.81. The van der Waals surface area contributed by atoms with Crippen molar-refractivity contribution in [2.45, 2.75) is 39.2 Å². The summed E-state index contributed by atoms with van der Waals surface area (Å²) >= 11 is 0. The molecule has 0 bridgehead atoms. The van der Waals surface area contributed by atoms with E-state index in [1.165, 1.54) is 17.7 Å². The highest BCUT2D eigenvalue weighted by molar-refractivity contribution is 5.33. The van der Waals surface area contributed by atoms with Gasteiger partial charge in [0.05, 0.1) is 6.26 Å². The molecule has 1 aliphatic carbocycles. The maximum atomic E-state index is 5.56. The summed E-state index contributed by atoms with van der Waals surface area (Å²) in [5.74, 6) is 1.94. The van der Waals surface area contributed by atoms with E-state index in [2.05, 4.69) is 32.2 Å². The molecule has 82 valence electrons. The standard InChI is InChI=1S/C13H19NO/c1-12(2)8-11(12)13(3)9-5-7-15-10(9)4-6-14-13/h5,7,11,14H,4,6,8H2,1-3H3. The zero-order valence-electron chi connectivity index (χ0n) is 9.76. The van der Waals surface area contributed by atoms with Gasteiger partial charge < -0.3 is 9.73 Å². The van der Waals surface area contributed by atoms with Crippen molar-refractivity contribution >= 4 is 0 Å². The van der Waals surface area contributed by atoms with Crippen LogP contribution in [0.2, 0.25) is 0 Å². The van der Waals surface area contributed by atoms with Crippen LogP contribution in [0.5, 0.6) is 0 Å². The number of hydrogen-bond acceptors (Lipinski definition) is 2. The Labute approximate surface area is 91.0 Å². The van der Waals surface area contributed by atoms with Crippen LogP contribution in [0.15, 0.2) is 16.7 Å². The number of furan rings is 1. The van der Waals surface area contributed by atoms with Crippen molar-refractivity contribution in [2.24, 2.45) is 11.3 Å². The summed E-state index contributed by atoms with van der Waals surface area (Å²) in [4.78, 5) is 0. The van der Waals surface area contributed by atoms with E-state index in [1.807, 2.05) is 6.26 Å². The van der Waals surface area contributed by atoms with E-state index >= 15 is 0 Å². The third-order valence-corrected chi connectivity index (χ3v) is 4.36. The van der Waals surface area contributed by atoms with Gasteiger partial charge in [0.15, 0.2) is 0 Å². The monoisotopic (exact) mass is 205 g/mol. The van der Waals surface area contributed by atoms with E-state index in [0.29, 0.717) is 5.41 Å². The number of rotatable bonds is 1. The van der Waals surface area contributed by atoms with Crippen molar-refractivity contribution in [2.75, 3.05) is 6.54 Å². The molecule has 0 aromatic carbocycles. The number of nitrogens with one attached hydrogen (secondary N) is 1. The van der Waals surface area contributed by atoms with E-state index < -0.39 is 0 Å². The van der Waals surface area contributed by atoms with Gasteiger partial charge >= 0.3 is 0 Å². The maximum absolute atomic E-state index is 5.56. The molecule has 3 rings (SSSR count). The summed E-state index contributed by atoms with van der Waals surface area (Å²) in [7, 11) is 0. The average Bonchev–Trinajstić information content (AvgIpc) is 2.65. The fourth-order valence-corrected chi connectivity index (χ4v) is 3.29. The molecule has 1 fully saturated rings. The number of fused-ring (bicyclic) bond motifs is 1. The van der Waals surface area contributed by atoms with Gasteiger partial charge in [-0.05, 0) is 30.7 Å². The molecule has 1 aromatic heterocycles. The van der Waals surface area contributed by atoms with Gasteiger partial charge in [-0.25, -0.2) is 0 Å². The van der Waals surface area contributed by atoms with Crippen LogP contribution in [-0.4, -0.2) is 6.54 Å². The first kappa shape index (κ1) is 9.46. The molecule has 2 atom stereocenters.